The number of anilines is 1. The molecular formula is C21H29N5O. The van der Waals surface area contributed by atoms with E-state index >= 15 is 0 Å². The summed E-state index contributed by atoms with van der Waals surface area (Å²) in [7, 11) is 0. The lowest BCUT2D eigenvalue weighted by Crippen LogP contribution is -2.57. The molecule has 0 amide bonds. The van der Waals surface area contributed by atoms with Crippen LogP contribution in [0.4, 0.5) is 5.82 Å². The van der Waals surface area contributed by atoms with Crippen molar-refractivity contribution in [2.45, 2.75) is 50.1 Å². The van der Waals surface area contributed by atoms with Crippen LogP contribution in [0, 0.1) is 11.3 Å². The number of pyridine rings is 1. The third-order valence-corrected chi connectivity index (χ3v) is 6.80. The molecule has 3 fully saturated rings. The van der Waals surface area contributed by atoms with Gasteiger partial charge in [0.15, 0.2) is 0 Å². The van der Waals surface area contributed by atoms with Crippen molar-refractivity contribution in [3.8, 4) is 6.07 Å². The van der Waals surface area contributed by atoms with Gasteiger partial charge in [0.1, 0.15) is 18.2 Å². The van der Waals surface area contributed by atoms with E-state index in [9.17, 15) is 4.79 Å². The fourth-order valence-corrected chi connectivity index (χ4v) is 4.77. The molecule has 0 radical (unpaired) electrons. The standard InChI is InChI=1S/C21H29N5O/c22-15-18-5-6-20(23-16-18)25-11-7-21(17-27,8-12-25)26-10-2-9-24(13-14-26)19-3-1-4-19/h5-6,16-17,19H,1-4,7-14H2. The number of hydrogen-bond donors (Lipinski definition) is 0. The van der Waals surface area contributed by atoms with Crippen LogP contribution in [0.3, 0.4) is 0 Å². The summed E-state index contributed by atoms with van der Waals surface area (Å²) in [4.78, 5) is 23.9. The van der Waals surface area contributed by atoms with Crippen LogP contribution in [-0.4, -0.2) is 71.9 Å². The molecule has 2 saturated heterocycles. The maximum Gasteiger partial charge on any atom is 0.140 e. The summed E-state index contributed by atoms with van der Waals surface area (Å²) in [6, 6.07) is 6.63. The Balaban J connectivity index is 1.38. The van der Waals surface area contributed by atoms with Crippen molar-refractivity contribution in [3.63, 3.8) is 0 Å². The molecule has 1 saturated carbocycles. The molecule has 0 aromatic carbocycles. The Bertz CT molecular complexity index is 686. The number of aldehydes is 1. The van der Waals surface area contributed by atoms with Crippen LogP contribution in [0.5, 0.6) is 0 Å². The largest absolute Gasteiger partial charge is 0.356 e. The second-order valence-electron chi connectivity index (χ2n) is 8.19. The smallest absolute Gasteiger partial charge is 0.140 e. The number of aromatic nitrogens is 1. The first-order chi connectivity index (χ1) is 13.2. The van der Waals surface area contributed by atoms with E-state index in [1.165, 1.54) is 32.1 Å². The number of nitrogens with zero attached hydrogens (tertiary/aromatic N) is 5. The van der Waals surface area contributed by atoms with Crippen molar-refractivity contribution in [2.75, 3.05) is 44.2 Å². The monoisotopic (exact) mass is 367 g/mol. The first-order valence-corrected chi connectivity index (χ1v) is 10.3. The summed E-state index contributed by atoms with van der Waals surface area (Å²) >= 11 is 0. The normalized spacial score (nSPS) is 24.6. The fraction of sp³-hybridized carbons (Fsp3) is 0.667. The number of piperidine rings is 1. The Labute approximate surface area is 161 Å². The molecule has 0 spiro atoms. The predicted octanol–water partition coefficient (Wildman–Crippen LogP) is 2.05. The Morgan fingerprint density at radius 3 is 2.48 bits per heavy atom. The minimum atomic E-state index is -0.321. The Morgan fingerprint density at radius 1 is 1.07 bits per heavy atom. The van der Waals surface area contributed by atoms with Gasteiger partial charge in [0, 0.05) is 45.0 Å². The van der Waals surface area contributed by atoms with Gasteiger partial charge in [-0.15, -0.1) is 0 Å². The quantitative estimate of drug-likeness (QED) is 0.759. The highest BCUT2D eigenvalue weighted by Gasteiger charge is 2.41. The van der Waals surface area contributed by atoms with E-state index in [4.69, 9.17) is 5.26 Å². The van der Waals surface area contributed by atoms with Crippen molar-refractivity contribution >= 4 is 12.1 Å². The van der Waals surface area contributed by atoms with E-state index in [-0.39, 0.29) is 5.54 Å². The van der Waals surface area contributed by atoms with Crippen LogP contribution >= 0.6 is 0 Å². The zero-order valence-corrected chi connectivity index (χ0v) is 16.0. The first kappa shape index (κ1) is 18.4. The van der Waals surface area contributed by atoms with Gasteiger partial charge in [0.2, 0.25) is 0 Å². The minimum absolute atomic E-state index is 0.321. The summed E-state index contributed by atoms with van der Waals surface area (Å²) in [6.07, 6.45) is 9.78. The Kier molecular flexibility index (Phi) is 5.42. The van der Waals surface area contributed by atoms with Gasteiger partial charge in [-0.05, 0) is 50.8 Å². The van der Waals surface area contributed by atoms with Gasteiger partial charge in [-0.1, -0.05) is 6.42 Å². The molecule has 27 heavy (non-hydrogen) atoms. The molecule has 3 aliphatic rings. The predicted molar refractivity (Wildman–Crippen MR) is 105 cm³/mol. The molecule has 0 unspecified atom stereocenters. The first-order valence-electron chi connectivity index (χ1n) is 10.3. The van der Waals surface area contributed by atoms with Crippen LogP contribution in [-0.2, 0) is 4.79 Å². The number of rotatable bonds is 4. The van der Waals surface area contributed by atoms with Crippen LogP contribution in [0.15, 0.2) is 18.3 Å². The zero-order valence-electron chi connectivity index (χ0n) is 16.0. The highest BCUT2D eigenvalue weighted by Crippen LogP contribution is 2.32. The van der Waals surface area contributed by atoms with E-state index in [0.717, 1.165) is 63.8 Å². The summed E-state index contributed by atoms with van der Waals surface area (Å²) in [5.41, 5.74) is 0.261. The maximum absolute atomic E-state index is 12.2. The summed E-state index contributed by atoms with van der Waals surface area (Å²) in [6.45, 7) is 5.97. The SMILES string of the molecule is N#Cc1ccc(N2CCC(C=O)(N3CCCN(C4CCC4)CC3)CC2)nc1. The number of hydrogen-bond acceptors (Lipinski definition) is 6. The topological polar surface area (TPSA) is 63.5 Å². The third kappa shape index (κ3) is 3.71. The molecule has 6 nitrogen and oxygen atoms in total. The molecule has 1 aromatic heterocycles. The van der Waals surface area contributed by atoms with Crippen molar-refractivity contribution in [3.05, 3.63) is 23.9 Å². The van der Waals surface area contributed by atoms with Gasteiger partial charge in [-0.25, -0.2) is 4.98 Å². The third-order valence-electron chi connectivity index (χ3n) is 6.80. The number of nitriles is 1. The van der Waals surface area contributed by atoms with Crippen LogP contribution in [0.2, 0.25) is 0 Å². The van der Waals surface area contributed by atoms with Crippen LogP contribution in [0.1, 0.15) is 44.1 Å². The summed E-state index contributed by atoms with van der Waals surface area (Å²) in [5.74, 6) is 0.903. The highest BCUT2D eigenvalue weighted by atomic mass is 16.1. The van der Waals surface area contributed by atoms with Crippen molar-refractivity contribution in [2.24, 2.45) is 0 Å². The molecule has 4 rings (SSSR count). The van der Waals surface area contributed by atoms with Gasteiger partial charge >= 0.3 is 0 Å². The Hall–Kier alpha value is -1.97. The molecule has 1 aliphatic carbocycles. The molecule has 6 heteroatoms. The lowest BCUT2D eigenvalue weighted by molar-refractivity contribution is -0.120. The maximum atomic E-state index is 12.2. The molecule has 0 atom stereocenters. The molecule has 1 aromatic rings. The second kappa shape index (κ2) is 7.95. The number of carbonyl (C=O) groups is 1. The van der Waals surface area contributed by atoms with Gasteiger partial charge in [0.25, 0.3) is 0 Å². The summed E-state index contributed by atoms with van der Waals surface area (Å²) in [5, 5.41) is 8.93. The lowest BCUT2D eigenvalue weighted by atomic mass is 9.86. The average Bonchev–Trinajstić information content (AvgIpc) is 2.93. The molecule has 2 aliphatic heterocycles. The van der Waals surface area contributed by atoms with E-state index in [0.29, 0.717) is 5.56 Å². The van der Waals surface area contributed by atoms with Gasteiger partial charge in [-0.3, -0.25) is 9.80 Å². The molecule has 3 heterocycles. The average molecular weight is 367 g/mol. The van der Waals surface area contributed by atoms with E-state index in [2.05, 4.69) is 25.8 Å². The van der Waals surface area contributed by atoms with Gasteiger partial charge in [-0.2, -0.15) is 5.26 Å². The van der Waals surface area contributed by atoms with Gasteiger partial charge < -0.3 is 9.69 Å². The fourth-order valence-electron chi connectivity index (χ4n) is 4.77. The molecule has 144 valence electrons. The van der Waals surface area contributed by atoms with E-state index < -0.39 is 0 Å². The molecule has 0 N–H and O–H groups in total. The molecular weight excluding hydrogens is 338 g/mol. The van der Waals surface area contributed by atoms with Crippen molar-refractivity contribution in [1.82, 2.24) is 14.8 Å². The number of carbonyl (C=O) groups excluding carboxylic acids is 1. The highest BCUT2D eigenvalue weighted by molar-refractivity contribution is 5.65. The summed E-state index contributed by atoms with van der Waals surface area (Å²) < 4.78 is 0. The van der Waals surface area contributed by atoms with Crippen LogP contribution in [0.25, 0.3) is 0 Å². The zero-order chi connectivity index (χ0) is 18.7. The van der Waals surface area contributed by atoms with Crippen LogP contribution < -0.4 is 4.90 Å². The van der Waals surface area contributed by atoms with Crippen molar-refractivity contribution < 1.29 is 4.79 Å². The lowest BCUT2D eigenvalue weighted by Gasteiger charge is -2.45. The van der Waals surface area contributed by atoms with Crippen molar-refractivity contribution in [1.29, 1.82) is 5.26 Å². The van der Waals surface area contributed by atoms with Gasteiger partial charge in [0.05, 0.1) is 11.1 Å². The van der Waals surface area contributed by atoms with E-state index in [1.807, 2.05) is 12.1 Å². The second-order valence-corrected chi connectivity index (χ2v) is 8.19. The Morgan fingerprint density at radius 2 is 1.89 bits per heavy atom. The van der Waals surface area contributed by atoms with E-state index in [1.54, 1.807) is 6.20 Å². The minimum Gasteiger partial charge on any atom is -0.356 e. The molecule has 0 bridgehead atoms.